The van der Waals surface area contributed by atoms with E-state index >= 15 is 0 Å². The first-order chi connectivity index (χ1) is 12.5. The molecular weight excluding hydrogens is 398 g/mol. The summed E-state index contributed by atoms with van der Waals surface area (Å²) in [7, 11) is 4.88. The van der Waals surface area contributed by atoms with Crippen LogP contribution in [0.3, 0.4) is 0 Å². The minimum absolute atomic E-state index is 0.0254. The first-order valence-electron chi connectivity index (χ1n) is 8.35. The van der Waals surface area contributed by atoms with Crippen LogP contribution in [-0.4, -0.2) is 38.7 Å². The summed E-state index contributed by atoms with van der Waals surface area (Å²) in [5, 5.41) is 0. The minimum Gasteiger partial charge on any atom is -0.497 e. The molecule has 0 radical (unpaired) electrons. The Balaban J connectivity index is 2.24. The van der Waals surface area contributed by atoms with Gasteiger partial charge in [0.2, 0.25) is 5.91 Å². The molecule has 0 spiro atoms. The molecule has 0 fully saturated rings. The highest BCUT2D eigenvalue weighted by Crippen LogP contribution is 2.45. The van der Waals surface area contributed by atoms with Gasteiger partial charge in [0.25, 0.3) is 0 Å². The van der Waals surface area contributed by atoms with E-state index in [0.717, 1.165) is 27.8 Å². The molecule has 0 N–H and O–H groups in total. The van der Waals surface area contributed by atoms with Gasteiger partial charge >= 0.3 is 0 Å². The Morgan fingerprint density at radius 3 is 2.46 bits per heavy atom. The summed E-state index contributed by atoms with van der Waals surface area (Å²) in [6, 6.07) is 9.60. The number of nitrogens with zero attached hydrogens (tertiary/aromatic N) is 1. The van der Waals surface area contributed by atoms with Gasteiger partial charge in [-0.3, -0.25) is 4.79 Å². The van der Waals surface area contributed by atoms with Crippen LogP contribution in [0.2, 0.25) is 0 Å². The zero-order chi connectivity index (χ0) is 18.8. The molecule has 138 valence electrons. The third kappa shape index (κ3) is 3.26. The second-order valence-corrected chi connectivity index (χ2v) is 7.08. The van der Waals surface area contributed by atoms with Crippen LogP contribution in [0, 0.1) is 0 Å². The Labute approximate surface area is 162 Å². The van der Waals surface area contributed by atoms with Crippen molar-refractivity contribution in [2.24, 2.45) is 0 Å². The van der Waals surface area contributed by atoms with Crippen molar-refractivity contribution >= 4 is 21.8 Å². The van der Waals surface area contributed by atoms with Gasteiger partial charge in [0, 0.05) is 23.5 Å². The van der Waals surface area contributed by atoms with Gasteiger partial charge in [-0.2, -0.15) is 0 Å². The molecule has 0 saturated heterocycles. The van der Waals surface area contributed by atoms with Gasteiger partial charge < -0.3 is 19.1 Å². The number of rotatable bonds is 4. The van der Waals surface area contributed by atoms with E-state index < -0.39 is 0 Å². The fourth-order valence-corrected chi connectivity index (χ4v) is 4.02. The molecule has 0 aliphatic carbocycles. The number of carbonyl (C=O) groups excluding carboxylic acids is 1. The highest BCUT2D eigenvalue weighted by atomic mass is 79.9. The first-order valence-corrected chi connectivity index (χ1v) is 9.14. The lowest BCUT2D eigenvalue weighted by Gasteiger charge is -2.38. The van der Waals surface area contributed by atoms with E-state index in [0.29, 0.717) is 18.0 Å². The molecule has 1 aliphatic heterocycles. The summed E-state index contributed by atoms with van der Waals surface area (Å²) >= 11 is 3.54. The number of ether oxygens (including phenoxy) is 3. The summed E-state index contributed by atoms with van der Waals surface area (Å²) < 4.78 is 17.4. The van der Waals surface area contributed by atoms with Gasteiger partial charge in [-0.1, -0.05) is 22.0 Å². The standard InChI is InChI=1S/C20H22BrNO4/c1-12(23)22-8-7-13-9-15(24-2)5-6-16(13)19(22)17-10-14(21)11-18(25-3)20(17)26-4/h5-6,9-11,19H,7-8H2,1-4H3. The number of hydrogen-bond acceptors (Lipinski definition) is 4. The van der Waals surface area contributed by atoms with Crippen molar-refractivity contribution < 1.29 is 19.0 Å². The van der Waals surface area contributed by atoms with E-state index in [1.54, 1.807) is 28.3 Å². The molecule has 1 amide bonds. The number of fused-ring (bicyclic) bond motifs is 1. The maximum Gasteiger partial charge on any atom is 0.220 e. The molecule has 1 atom stereocenters. The second-order valence-electron chi connectivity index (χ2n) is 6.16. The smallest absolute Gasteiger partial charge is 0.220 e. The summed E-state index contributed by atoms with van der Waals surface area (Å²) in [5.41, 5.74) is 3.14. The molecule has 0 bridgehead atoms. The van der Waals surface area contributed by atoms with Crippen LogP contribution < -0.4 is 14.2 Å². The third-order valence-electron chi connectivity index (χ3n) is 4.75. The lowest BCUT2D eigenvalue weighted by Crippen LogP contribution is -2.39. The Morgan fingerprint density at radius 1 is 1.08 bits per heavy atom. The fourth-order valence-electron chi connectivity index (χ4n) is 3.57. The Morgan fingerprint density at radius 2 is 1.85 bits per heavy atom. The molecule has 1 unspecified atom stereocenters. The van der Waals surface area contributed by atoms with Crippen LogP contribution in [0.4, 0.5) is 0 Å². The number of hydrogen-bond donors (Lipinski definition) is 0. The summed E-state index contributed by atoms with van der Waals surface area (Å²) in [6.45, 7) is 2.24. The predicted octanol–water partition coefficient (Wildman–Crippen LogP) is 3.97. The highest BCUT2D eigenvalue weighted by Gasteiger charge is 2.33. The fraction of sp³-hybridized carbons (Fsp3) is 0.350. The third-order valence-corrected chi connectivity index (χ3v) is 5.21. The zero-order valence-electron chi connectivity index (χ0n) is 15.3. The monoisotopic (exact) mass is 419 g/mol. The molecule has 1 aliphatic rings. The maximum atomic E-state index is 12.4. The molecule has 2 aromatic carbocycles. The molecule has 5 nitrogen and oxygen atoms in total. The van der Waals surface area contributed by atoms with Crippen LogP contribution in [0.15, 0.2) is 34.8 Å². The van der Waals surface area contributed by atoms with Crippen LogP contribution in [0.25, 0.3) is 0 Å². The summed E-state index contributed by atoms with van der Waals surface area (Å²) in [4.78, 5) is 14.2. The van der Waals surface area contributed by atoms with E-state index in [-0.39, 0.29) is 11.9 Å². The lowest BCUT2D eigenvalue weighted by molar-refractivity contribution is -0.130. The average Bonchev–Trinajstić information content (AvgIpc) is 2.65. The van der Waals surface area contributed by atoms with Crippen molar-refractivity contribution in [3.8, 4) is 17.2 Å². The largest absolute Gasteiger partial charge is 0.497 e. The van der Waals surface area contributed by atoms with Crippen molar-refractivity contribution in [2.75, 3.05) is 27.9 Å². The van der Waals surface area contributed by atoms with Gasteiger partial charge in [-0.15, -0.1) is 0 Å². The minimum atomic E-state index is -0.247. The van der Waals surface area contributed by atoms with Crippen LogP contribution in [0.1, 0.15) is 29.7 Å². The predicted molar refractivity (Wildman–Crippen MR) is 103 cm³/mol. The second kappa shape index (κ2) is 7.58. The Hall–Kier alpha value is -2.21. The molecular formula is C20H22BrNO4. The van der Waals surface area contributed by atoms with Gasteiger partial charge in [-0.05, 0) is 41.8 Å². The molecule has 0 saturated carbocycles. The SMILES string of the molecule is COc1ccc2c(c1)CCN(C(C)=O)C2c1cc(Br)cc(OC)c1OC. The van der Waals surface area contributed by atoms with Gasteiger partial charge in [-0.25, -0.2) is 0 Å². The number of benzene rings is 2. The topological polar surface area (TPSA) is 48.0 Å². The van der Waals surface area contributed by atoms with E-state index in [4.69, 9.17) is 14.2 Å². The van der Waals surface area contributed by atoms with Crippen molar-refractivity contribution in [2.45, 2.75) is 19.4 Å². The van der Waals surface area contributed by atoms with Gasteiger partial charge in [0.05, 0.1) is 27.4 Å². The number of halogens is 1. The Kier molecular flexibility index (Phi) is 5.41. The van der Waals surface area contributed by atoms with Crippen molar-refractivity contribution in [1.82, 2.24) is 4.90 Å². The highest BCUT2D eigenvalue weighted by molar-refractivity contribution is 9.10. The Bertz CT molecular complexity index is 837. The average molecular weight is 420 g/mol. The number of carbonyl (C=O) groups is 1. The van der Waals surface area contributed by atoms with E-state index in [9.17, 15) is 4.79 Å². The summed E-state index contributed by atoms with van der Waals surface area (Å²) in [5.74, 6) is 2.10. The van der Waals surface area contributed by atoms with E-state index in [2.05, 4.69) is 15.9 Å². The lowest BCUT2D eigenvalue weighted by atomic mass is 9.87. The molecule has 2 aromatic rings. The summed E-state index contributed by atoms with van der Waals surface area (Å²) in [6.07, 6.45) is 0.788. The van der Waals surface area contributed by atoms with Crippen molar-refractivity contribution in [3.63, 3.8) is 0 Å². The number of methoxy groups -OCH3 is 3. The molecule has 3 rings (SSSR count). The first kappa shape index (κ1) is 18.6. The van der Waals surface area contributed by atoms with Gasteiger partial charge in [0.15, 0.2) is 11.5 Å². The van der Waals surface area contributed by atoms with E-state index in [1.165, 1.54) is 5.56 Å². The molecule has 0 aromatic heterocycles. The van der Waals surface area contributed by atoms with Gasteiger partial charge in [0.1, 0.15) is 5.75 Å². The van der Waals surface area contributed by atoms with Crippen LogP contribution >= 0.6 is 15.9 Å². The van der Waals surface area contributed by atoms with E-state index in [1.807, 2.05) is 35.2 Å². The van der Waals surface area contributed by atoms with Crippen LogP contribution in [-0.2, 0) is 11.2 Å². The van der Waals surface area contributed by atoms with Crippen molar-refractivity contribution in [1.29, 1.82) is 0 Å². The normalized spacial score (nSPS) is 16.0. The van der Waals surface area contributed by atoms with Crippen LogP contribution in [0.5, 0.6) is 17.2 Å². The quantitative estimate of drug-likeness (QED) is 0.751. The maximum absolute atomic E-state index is 12.4. The molecule has 26 heavy (non-hydrogen) atoms. The molecule has 6 heteroatoms. The molecule has 1 heterocycles. The number of amides is 1. The zero-order valence-corrected chi connectivity index (χ0v) is 16.9. The van der Waals surface area contributed by atoms with Crippen molar-refractivity contribution in [3.05, 3.63) is 51.5 Å².